The van der Waals surface area contributed by atoms with Gasteiger partial charge in [0.1, 0.15) is 0 Å². The van der Waals surface area contributed by atoms with Gasteiger partial charge in [-0.05, 0) is 24.8 Å². The van der Waals surface area contributed by atoms with E-state index in [9.17, 15) is 4.79 Å². The molecule has 1 saturated carbocycles. The topological polar surface area (TPSA) is 46.3 Å². The molecule has 1 aliphatic rings. The third-order valence-electron chi connectivity index (χ3n) is 3.76. The van der Waals surface area contributed by atoms with E-state index in [1.165, 1.54) is 0 Å². The van der Waals surface area contributed by atoms with Crippen molar-refractivity contribution in [3.63, 3.8) is 0 Å². The number of hydrogen-bond acceptors (Lipinski definition) is 2. The van der Waals surface area contributed by atoms with Crippen molar-refractivity contribution in [2.75, 3.05) is 13.1 Å². The minimum Gasteiger partial charge on any atom is -0.339 e. The van der Waals surface area contributed by atoms with Crippen LogP contribution >= 0.6 is 0 Å². The molecule has 1 aliphatic carbocycles. The molecule has 1 amide bonds. The van der Waals surface area contributed by atoms with E-state index < -0.39 is 0 Å². The maximum Gasteiger partial charge on any atom is 0.231 e. The number of carbonyl (C=O) groups is 1. The van der Waals surface area contributed by atoms with Crippen LogP contribution in [0.2, 0.25) is 0 Å². The van der Waals surface area contributed by atoms with Crippen LogP contribution in [0.5, 0.6) is 0 Å². The SMILES string of the molecule is CCCCN(C(=O)C(CN)c1ccccc1)C1CC1. The summed E-state index contributed by atoms with van der Waals surface area (Å²) in [6.07, 6.45) is 4.51. The monoisotopic (exact) mass is 260 g/mol. The second-order valence-electron chi connectivity index (χ2n) is 5.32. The zero-order chi connectivity index (χ0) is 13.7. The second kappa shape index (κ2) is 6.71. The standard InChI is InChI=1S/C16H24N2O/c1-2-3-11-18(14-9-10-14)16(19)15(12-17)13-7-5-4-6-8-13/h4-8,14-15H,2-3,9-12,17H2,1H3. The van der Waals surface area contributed by atoms with Gasteiger partial charge < -0.3 is 10.6 Å². The van der Waals surface area contributed by atoms with Crippen molar-refractivity contribution in [1.29, 1.82) is 0 Å². The van der Waals surface area contributed by atoms with Gasteiger partial charge in [0.15, 0.2) is 0 Å². The fraction of sp³-hybridized carbons (Fsp3) is 0.562. The van der Waals surface area contributed by atoms with Gasteiger partial charge in [0, 0.05) is 19.1 Å². The van der Waals surface area contributed by atoms with E-state index in [2.05, 4.69) is 11.8 Å². The molecule has 2 N–H and O–H groups in total. The van der Waals surface area contributed by atoms with E-state index in [-0.39, 0.29) is 11.8 Å². The first-order valence-corrected chi connectivity index (χ1v) is 7.33. The summed E-state index contributed by atoms with van der Waals surface area (Å²) in [7, 11) is 0. The summed E-state index contributed by atoms with van der Waals surface area (Å²) < 4.78 is 0. The van der Waals surface area contributed by atoms with E-state index in [1.807, 2.05) is 30.3 Å². The van der Waals surface area contributed by atoms with Crippen molar-refractivity contribution in [3.05, 3.63) is 35.9 Å². The van der Waals surface area contributed by atoms with Gasteiger partial charge in [-0.3, -0.25) is 4.79 Å². The Kier molecular flexibility index (Phi) is 4.97. The van der Waals surface area contributed by atoms with E-state index in [4.69, 9.17) is 5.73 Å². The summed E-state index contributed by atoms with van der Waals surface area (Å²) >= 11 is 0. The summed E-state index contributed by atoms with van der Waals surface area (Å²) in [4.78, 5) is 14.8. The first-order chi connectivity index (χ1) is 9.27. The lowest BCUT2D eigenvalue weighted by Crippen LogP contribution is -2.40. The fourth-order valence-electron chi connectivity index (χ4n) is 2.45. The van der Waals surface area contributed by atoms with Gasteiger partial charge in [0.05, 0.1) is 5.92 Å². The first kappa shape index (κ1) is 14.1. The summed E-state index contributed by atoms with van der Waals surface area (Å²) in [6.45, 7) is 3.43. The van der Waals surface area contributed by atoms with Crippen LogP contribution in [0, 0.1) is 0 Å². The van der Waals surface area contributed by atoms with Gasteiger partial charge in [0.25, 0.3) is 0 Å². The normalized spacial score (nSPS) is 16.1. The summed E-state index contributed by atoms with van der Waals surface area (Å²) in [5.41, 5.74) is 6.88. The number of rotatable bonds is 7. The van der Waals surface area contributed by atoms with Crippen LogP contribution in [0.3, 0.4) is 0 Å². The van der Waals surface area contributed by atoms with Crippen LogP contribution in [0.1, 0.15) is 44.1 Å². The zero-order valence-electron chi connectivity index (χ0n) is 11.7. The molecule has 104 valence electrons. The molecule has 1 aromatic carbocycles. The molecule has 0 saturated heterocycles. The number of hydrogen-bond donors (Lipinski definition) is 1. The molecule has 3 nitrogen and oxygen atoms in total. The van der Waals surface area contributed by atoms with Gasteiger partial charge in [0.2, 0.25) is 5.91 Å². The van der Waals surface area contributed by atoms with E-state index in [0.717, 1.165) is 37.8 Å². The van der Waals surface area contributed by atoms with Crippen LogP contribution < -0.4 is 5.73 Å². The molecular weight excluding hydrogens is 236 g/mol. The van der Waals surface area contributed by atoms with Gasteiger partial charge in [-0.2, -0.15) is 0 Å². The summed E-state index contributed by atoms with van der Waals surface area (Å²) in [5, 5.41) is 0. The minimum absolute atomic E-state index is 0.182. The molecule has 0 aromatic heterocycles. The highest BCUT2D eigenvalue weighted by atomic mass is 16.2. The average molecular weight is 260 g/mol. The van der Waals surface area contributed by atoms with Gasteiger partial charge in [-0.15, -0.1) is 0 Å². The zero-order valence-corrected chi connectivity index (χ0v) is 11.7. The molecule has 2 rings (SSSR count). The van der Waals surface area contributed by atoms with Crippen LogP contribution in [-0.2, 0) is 4.79 Å². The minimum atomic E-state index is -0.182. The van der Waals surface area contributed by atoms with E-state index in [0.29, 0.717) is 12.6 Å². The maximum atomic E-state index is 12.7. The van der Waals surface area contributed by atoms with Crippen LogP contribution in [0.25, 0.3) is 0 Å². The molecule has 1 aromatic rings. The molecular formula is C16H24N2O. The van der Waals surface area contributed by atoms with Gasteiger partial charge in [-0.25, -0.2) is 0 Å². The van der Waals surface area contributed by atoms with Gasteiger partial charge >= 0.3 is 0 Å². The number of nitrogens with two attached hydrogens (primary N) is 1. The quantitative estimate of drug-likeness (QED) is 0.819. The second-order valence-corrected chi connectivity index (χ2v) is 5.32. The Balaban J connectivity index is 2.09. The van der Waals surface area contributed by atoms with Crippen molar-refractivity contribution in [1.82, 2.24) is 4.90 Å². The molecule has 0 bridgehead atoms. The Morgan fingerprint density at radius 2 is 2.05 bits per heavy atom. The van der Waals surface area contributed by atoms with E-state index in [1.54, 1.807) is 0 Å². The molecule has 0 radical (unpaired) electrons. The molecule has 19 heavy (non-hydrogen) atoms. The number of benzene rings is 1. The average Bonchev–Trinajstić information content (AvgIpc) is 3.26. The Hall–Kier alpha value is -1.35. The lowest BCUT2D eigenvalue weighted by molar-refractivity contribution is -0.133. The number of nitrogens with zero attached hydrogens (tertiary/aromatic N) is 1. The summed E-state index contributed by atoms with van der Waals surface area (Å²) in [6, 6.07) is 10.4. The van der Waals surface area contributed by atoms with Gasteiger partial charge in [-0.1, -0.05) is 43.7 Å². The van der Waals surface area contributed by atoms with Crippen LogP contribution in [-0.4, -0.2) is 29.9 Å². The highest BCUT2D eigenvalue weighted by Gasteiger charge is 2.35. The summed E-state index contributed by atoms with van der Waals surface area (Å²) in [5.74, 6) is 0.0308. The largest absolute Gasteiger partial charge is 0.339 e. The number of unbranched alkanes of at least 4 members (excludes halogenated alkanes) is 1. The number of amides is 1. The third-order valence-corrected chi connectivity index (χ3v) is 3.76. The fourth-order valence-corrected chi connectivity index (χ4v) is 2.45. The molecule has 0 heterocycles. The van der Waals surface area contributed by atoms with E-state index >= 15 is 0 Å². The molecule has 1 atom stereocenters. The van der Waals surface area contributed by atoms with Crippen molar-refractivity contribution >= 4 is 5.91 Å². The van der Waals surface area contributed by atoms with Crippen LogP contribution in [0.15, 0.2) is 30.3 Å². The number of carbonyl (C=O) groups excluding carboxylic acids is 1. The third kappa shape index (κ3) is 3.57. The van der Waals surface area contributed by atoms with Crippen molar-refractivity contribution < 1.29 is 4.79 Å². The van der Waals surface area contributed by atoms with Crippen molar-refractivity contribution in [2.24, 2.45) is 5.73 Å². The molecule has 1 unspecified atom stereocenters. The molecule has 3 heteroatoms. The molecule has 0 spiro atoms. The predicted octanol–water partition coefficient (Wildman–Crippen LogP) is 2.52. The highest BCUT2D eigenvalue weighted by Crippen LogP contribution is 2.30. The molecule has 1 fully saturated rings. The Morgan fingerprint density at radius 3 is 2.58 bits per heavy atom. The lowest BCUT2D eigenvalue weighted by Gasteiger charge is -2.27. The maximum absolute atomic E-state index is 12.7. The van der Waals surface area contributed by atoms with Crippen molar-refractivity contribution in [2.45, 2.75) is 44.6 Å². The predicted molar refractivity (Wildman–Crippen MR) is 77.9 cm³/mol. The highest BCUT2D eigenvalue weighted by molar-refractivity contribution is 5.84. The smallest absolute Gasteiger partial charge is 0.231 e. The lowest BCUT2D eigenvalue weighted by atomic mass is 9.97. The van der Waals surface area contributed by atoms with Crippen molar-refractivity contribution in [3.8, 4) is 0 Å². The van der Waals surface area contributed by atoms with Crippen LogP contribution in [0.4, 0.5) is 0 Å². The Morgan fingerprint density at radius 1 is 1.37 bits per heavy atom. The first-order valence-electron chi connectivity index (χ1n) is 7.33. The Labute approximate surface area is 115 Å². The molecule has 0 aliphatic heterocycles. The Bertz CT molecular complexity index is 400.